The molecule has 6 aromatic rings. The van der Waals surface area contributed by atoms with Gasteiger partial charge in [-0.25, -0.2) is 17.2 Å². The molecule has 12 nitrogen and oxygen atoms in total. The first-order valence-electron chi connectivity index (χ1n) is 29.9. The Morgan fingerprint density at radius 2 is 0.892 bits per heavy atom. The van der Waals surface area contributed by atoms with Gasteiger partial charge in [0.1, 0.15) is 22.2 Å². The minimum absolute atomic E-state index is 0.00288. The van der Waals surface area contributed by atoms with E-state index in [1.165, 1.54) is 26.4 Å². The summed E-state index contributed by atoms with van der Waals surface area (Å²) in [5.74, 6) is -0.317. The Kier molecular flexibility index (Phi) is 33.9. The van der Waals surface area contributed by atoms with Crippen LogP contribution in [0.1, 0.15) is 146 Å². The number of aryl methyl sites for hydroxylation is 2. The molecule has 6 rings (SSSR count). The second-order valence-corrected chi connectivity index (χ2v) is 29.6. The molecule has 0 radical (unpaired) electrons. The molecule has 522 valence electrons. The van der Waals surface area contributed by atoms with E-state index in [0.29, 0.717) is 35.3 Å². The van der Waals surface area contributed by atoms with Crippen LogP contribution in [0.3, 0.4) is 0 Å². The van der Waals surface area contributed by atoms with Gasteiger partial charge >= 0.3 is 12.4 Å². The van der Waals surface area contributed by atoms with Crippen molar-refractivity contribution in [2.24, 2.45) is 0 Å². The van der Waals surface area contributed by atoms with Crippen molar-refractivity contribution in [1.29, 1.82) is 0 Å². The van der Waals surface area contributed by atoms with Crippen molar-refractivity contribution >= 4 is 78.8 Å². The van der Waals surface area contributed by atoms with Crippen LogP contribution in [0.15, 0.2) is 108 Å². The molecule has 0 saturated heterocycles. The quantitative estimate of drug-likeness (QED) is 0.0365. The van der Waals surface area contributed by atoms with Gasteiger partial charge in [0, 0.05) is 86.1 Å². The number of methoxy groups -OCH3 is 2. The largest absolute Gasteiger partial charge is 0.495 e. The highest BCUT2D eigenvalue weighted by Gasteiger charge is 2.33. The number of hydrogen-bond donors (Lipinski definition) is 7. The van der Waals surface area contributed by atoms with Crippen LogP contribution in [0.25, 0.3) is 0 Å². The number of rotatable bonds is 16. The number of benzene rings is 6. The van der Waals surface area contributed by atoms with Gasteiger partial charge in [0.15, 0.2) is 21.4 Å². The number of hydrogen-bond acceptors (Lipinski definition) is 12. The molecule has 24 heteroatoms. The first-order chi connectivity index (χ1) is 42.4. The SMILES string of the molecule is CC(C)(C)Nc1cc(C(F)(F)F)ccc1F.CC(C)(C)Nc1cc(F)c(OCCCO)c(Cl)c1.CCS(=O)(=O)c1cc(NC(C)C)ccc1OC.COc1ccc(C(F)(F)F)cc1NC(C)(C)C.Cc1ccc(NC(C)(C)C)cc1Cl.Cc1ccc(NC(C)C)cc1Cl. The zero-order valence-corrected chi connectivity index (χ0v) is 60.4. The fourth-order valence-corrected chi connectivity index (χ4v) is 9.35. The molecule has 0 fully saturated rings. The Balaban J connectivity index is 0.000000561. The van der Waals surface area contributed by atoms with Crippen molar-refractivity contribution in [3.63, 3.8) is 0 Å². The van der Waals surface area contributed by atoms with Gasteiger partial charge in [0.2, 0.25) is 0 Å². The molecule has 7 N–H and O–H groups in total. The molecule has 0 atom stereocenters. The third-order valence-corrected chi connectivity index (χ3v) is 14.4. The molecule has 0 heterocycles. The minimum Gasteiger partial charge on any atom is -0.495 e. The summed E-state index contributed by atoms with van der Waals surface area (Å²) >= 11 is 17.9. The minimum atomic E-state index is -4.46. The maximum Gasteiger partial charge on any atom is 0.416 e. The number of aliphatic hydroxyl groups excluding tert-OH is 1. The van der Waals surface area contributed by atoms with Crippen molar-refractivity contribution in [2.75, 3.05) is 65.1 Å². The number of alkyl halides is 6. The molecule has 0 unspecified atom stereocenters. The van der Waals surface area contributed by atoms with E-state index in [4.69, 9.17) is 54.1 Å². The van der Waals surface area contributed by atoms with Gasteiger partial charge in [-0.2, -0.15) is 26.3 Å². The molecule has 6 aromatic carbocycles. The molecule has 93 heavy (non-hydrogen) atoms. The average Bonchev–Trinajstić information content (AvgIpc) is 0.872. The van der Waals surface area contributed by atoms with Crippen molar-refractivity contribution in [3.05, 3.63) is 152 Å². The number of sulfone groups is 1. The van der Waals surface area contributed by atoms with E-state index in [9.17, 15) is 43.5 Å². The lowest BCUT2D eigenvalue weighted by molar-refractivity contribution is -0.138. The summed E-state index contributed by atoms with van der Waals surface area (Å²) in [6.07, 6.45) is -8.36. The Hall–Kier alpha value is -6.26. The highest BCUT2D eigenvalue weighted by Crippen LogP contribution is 2.37. The topological polar surface area (TPSA) is 154 Å². The second-order valence-electron chi connectivity index (χ2n) is 26.1. The Labute approximate surface area is 562 Å². The lowest BCUT2D eigenvalue weighted by Crippen LogP contribution is -2.27. The summed E-state index contributed by atoms with van der Waals surface area (Å²) in [6.45, 7) is 37.2. The third kappa shape index (κ3) is 34.1. The van der Waals surface area contributed by atoms with Crippen molar-refractivity contribution in [3.8, 4) is 17.2 Å². The molecule has 0 spiro atoms. The summed E-state index contributed by atoms with van der Waals surface area (Å²) in [5, 5.41) is 29.1. The fourth-order valence-electron chi connectivity index (χ4n) is 7.65. The summed E-state index contributed by atoms with van der Waals surface area (Å²) in [6, 6.07) is 26.5. The van der Waals surface area contributed by atoms with Crippen LogP contribution in [-0.4, -0.2) is 80.9 Å². The second kappa shape index (κ2) is 37.1. The van der Waals surface area contributed by atoms with E-state index in [1.54, 1.807) is 45.9 Å². The van der Waals surface area contributed by atoms with Crippen LogP contribution in [0.5, 0.6) is 17.2 Å². The van der Waals surface area contributed by atoms with Crippen molar-refractivity contribution in [2.45, 2.75) is 189 Å². The number of anilines is 6. The predicted octanol–water partition coefficient (Wildman–Crippen LogP) is 21.1. The first-order valence-corrected chi connectivity index (χ1v) is 32.7. The zero-order valence-electron chi connectivity index (χ0n) is 57.4. The van der Waals surface area contributed by atoms with Crippen LogP contribution in [0, 0.1) is 25.5 Å². The molecule has 0 aromatic heterocycles. The van der Waals surface area contributed by atoms with Crippen LogP contribution >= 0.6 is 34.8 Å². The van der Waals surface area contributed by atoms with Gasteiger partial charge in [-0.05, 0) is 221 Å². The smallest absolute Gasteiger partial charge is 0.416 e. The van der Waals surface area contributed by atoms with Crippen LogP contribution in [-0.2, 0) is 22.2 Å². The standard InChI is InChI=1S/C13H19ClFNO2.C12H16F3NO.C12H19NO3S.C11H16ClN.C11H13F4N.C10H14ClN/c1-13(2,3)16-9-7-10(14)12(11(15)8-9)18-6-4-5-17;1-11(2,3)16-9-7-8(12(13,14)15)5-6-10(9)17-4;1-5-17(14,15)12-8-10(13-9(2)3)6-7-11(12)16-4;1-8-5-6-9(7-10(8)12)13-11(2,3)4;1-10(2,3)16-9-6-7(11(13,14)15)4-5-8(9)12;1-7(2)12-9-5-4-8(3)10(11)6-9/h7-8,16-17H,4-6H2,1-3H3;5-7,16H,1-4H3;6-9,13H,5H2,1-4H3;5-7,13H,1-4H3;4-6,16H,1-3H3;4-7,12H,1-3H3. The number of halogens is 11. The van der Waals surface area contributed by atoms with Crippen molar-refractivity contribution < 1.29 is 62.9 Å². The number of nitrogens with one attached hydrogen (secondary N) is 6. The van der Waals surface area contributed by atoms with E-state index in [2.05, 4.69) is 66.5 Å². The Morgan fingerprint density at radius 3 is 1.31 bits per heavy atom. The first kappa shape index (κ1) is 84.8. The average molecular weight is 1400 g/mol. The molecule has 0 aliphatic carbocycles. The molecule has 0 saturated carbocycles. The zero-order chi connectivity index (χ0) is 71.8. The van der Waals surface area contributed by atoms with Gasteiger partial charge < -0.3 is 51.2 Å². The maximum atomic E-state index is 13.8. The summed E-state index contributed by atoms with van der Waals surface area (Å²) in [7, 11) is -0.365. The molecule has 0 amide bonds. The molecule has 0 bridgehead atoms. The maximum absolute atomic E-state index is 13.8. The van der Waals surface area contributed by atoms with E-state index in [-0.39, 0.29) is 63.0 Å². The monoisotopic (exact) mass is 1390 g/mol. The van der Waals surface area contributed by atoms with Gasteiger partial charge in [-0.1, -0.05) is 53.9 Å². The lowest BCUT2D eigenvalue weighted by Gasteiger charge is -2.24. The Morgan fingerprint density at radius 1 is 0.495 bits per heavy atom. The van der Waals surface area contributed by atoms with E-state index in [0.717, 1.165) is 68.6 Å². The molecule has 0 aliphatic heterocycles. The predicted molar refractivity (Wildman–Crippen MR) is 372 cm³/mol. The van der Waals surface area contributed by atoms with Crippen LogP contribution in [0.4, 0.5) is 69.2 Å². The molecular formula is C69H97Cl3F8N6O6S. The van der Waals surface area contributed by atoms with Gasteiger partial charge in [0.05, 0.1) is 54.1 Å². The highest BCUT2D eigenvalue weighted by molar-refractivity contribution is 7.91. The fraction of sp³-hybridized carbons (Fsp3) is 0.478. The molecular weight excluding hydrogens is 1300 g/mol. The lowest BCUT2D eigenvalue weighted by atomic mass is 10.1. The third-order valence-electron chi connectivity index (χ3n) is 11.6. The van der Waals surface area contributed by atoms with E-state index < -0.39 is 50.5 Å². The van der Waals surface area contributed by atoms with E-state index >= 15 is 0 Å². The summed E-state index contributed by atoms with van der Waals surface area (Å²) in [5.41, 5.74) is 3.52. The van der Waals surface area contributed by atoms with Gasteiger partial charge in [-0.3, -0.25) is 0 Å². The highest BCUT2D eigenvalue weighted by atomic mass is 35.5. The summed E-state index contributed by atoms with van der Waals surface area (Å²) < 4.78 is 141. The molecule has 0 aliphatic rings. The van der Waals surface area contributed by atoms with E-state index in [1.807, 2.05) is 112 Å². The van der Waals surface area contributed by atoms with Gasteiger partial charge in [-0.15, -0.1) is 0 Å². The number of ether oxygens (including phenoxy) is 3. The summed E-state index contributed by atoms with van der Waals surface area (Å²) in [4.78, 5) is 0.244. The van der Waals surface area contributed by atoms with Crippen LogP contribution in [0.2, 0.25) is 15.1 Å². The van der Waals surface area contributed by atoms with Crippen molar-refractivity contribution in [1.82, 2.24) is 0 Å². The Bertz CT molecular complexity index is 3360. The normalized spacial score (nSPS) is 11.7. The number of aliphatic hydroxyl groups is 1. The van der Waals surface area contributed by atoms with Crippen LogP contribution < -0.4 is 46.1 Å². The van der Waals surface area contributed by atoms with Gasteiger partial charge in [0.25, 0.3) is 0 Å².